The summed E-state index contributed by atoms with van der Waals surface area (Å²) in [6.07, 6.45) is 5.44. The predicted molar refractivity (Wildman–Crippen MR) is 94.5 cm³/mol. The fraction of sp³-hybridized carbons (Fsp3) is 0.706. The highest BCUT2D eigenvalue weighted by molar-refractivity contribution is 7.47. The SMILES string of the molecule is Cc1cc(C2CCCCC2)n(OCOP(=O)(O)OC(C)(C)C)c(=O)c1. The predicted octanol–water partition coefficient (Wildman–Crippen LogP) is 3.52. The Morgan fingerprint density at radius 2 is 1.88 bits per heavy atom. The van der Waals surface area contributed by atoms with Crippen LogP contribution in [0, 0.1) is 6.92 Å². The number of nitrogens with zero attached hydrogens (tertiary/aromatic N) is 1. The average molecular weight is 373 g/mol. The molecule has 25 heavy (non-hydrogen) atoms. The minimum Gasteiger partial charge on any atom is -0.381 e. The lowest BCUT2D eigenvalue weighted by molar-refractivity contribution is -0.0364. The van der Waals surface area contributed by atoms with E-state index in [1.807, 2.05) is 13.0 Å². The summed E-state index contributed by atoms with van der Waals surface area (Å²) in [6, 6.07) is 3.40. The second-order valence-corrected chi connectivity index (χ2v) is 8.85. The third kappa shape index (κ3) is 6.26. The van der Waals surface area contributed by atoms with Gasteiger partial charge in [0.15, 0.2) is 0 Å². The summed E-state index contributed by atoms with van der Waals surface area (Å²) in [6.45, 7) is 6.25. The minimum atomic E-state index is -4.26. The first-order chi connectivity index (χ1) is 11.6. The third-order valence-electron chi connectivity index (χ3n) is 3.97. The monoisotopic (exact) mass is 373 g/mol. The van der Waals surface area contributed by atoms with Gasteiger partial charge in [0.05, 0.1) is 11.3 Å². The lowest BCUT2D eigenvalue weighted by atomic mass is 9.86. The number of phosphoric ester groups is 1. The Morgan fingerprint density at radius 3 is 2.48 bits per heavy atom. The van der Waals surface area contributed by atoms with Crippen molar-refractivity contribution in [2.75, 3.05) is 6.79 Å². The van der Waals surface area contributed by atoms with Crippen LogP contribution in [0.1, 0.15) is 70.1 Å². The lowest BCUT2D eigenvalue weighted by Crippen LogP contribution is -2.32. The normalized spacial score (nSPS) is 18.8. The van der Waals surface area contributed by atoms with Crippen molar-refractivity contribution in [3.05, 3.63) is 33.7 Å². The molecule has 1 saturated carbocycles. The van der Waals surface area contributed by atoms with Crippen molar-refractivity contribution >= 4 is 7.82 Å². The van der Waals surface area contributed by atoms with Gasteiger partial charge in [-0.25, -0.2) is 9.09 Å². The Bertz CT molecular complexity index is 687. The summed E-state index contributed by atoms with van der Waals surface area (Å²) < 4.78 is 22.9. The second-order valence-electron chi connectivity index (χ2n) is 7.47. The highest BCUT2D eigenvalue weighted by Crippen LogP contribution is 2.46. The summed E-state index contributed by atoms with van der Waals surface area (Å²) in [5.74, 6) is 0.244. The number of hydrogen-bond donors (Lipinski definition) is 1. The molecule has 0 aliphatic heterocycles. The largest absolute Gasteiger partial charge is 0.475 e. The van der Waals surface area contributed by atoms with Crippen LogP contribution in [0.25, 0.3) is 0 Å². The molecule has 0 saturated heterocycles. The summed E-state index contributed by atoms with van der Waals surface area (Å²) in [7, 11) is -4.26. The van der Waals surface area contributed by atoms with Crippen molar-refractivity contribution in [2.24, 2.45) is 0 Å². The summed E-state index contributed by atoms with van der Waals surface area (Å²) in [5, 5.41) is 0. The van der Waals surface area contributed by atoms with Gasteiger partial charge in [-0.05, 0) is 52.2 Å². The molecule has 1 unspecified atom stereocenters. The first kappa shape index (κ1) is 20.2. The number of rotatable bonds is 6. The van der Waals surface area contributed by atoms with Crippen LogP contribution in [0.4, 0.5) is 0 Å². The molecular formula is C17H28NO6P. The molecule has 1 aromatic rings. The van der Waals surface area contributed by atoms with Crippen LogP contribution in [0.3, 0.4) is 0 Å². The average Bonchev–Trinajstić information content (AvgIpc) is 2.47. The molecule has 1 aliphatic carbocycles. The molecular weight excluding hydrogens is 345 g/mol. The zero-order valence-electron chi connectivity index (χ0n) is 15.4. The molecule has 1 fully saturated rings. The van der Waals surface area contributed by atoms with Crippen molar-refractivity contribution in [2.45, 2.75) is 71.3 Å². The fourth-order valence-electron chi connectivity index (χ4n) is 3.05. The van der Waals surface area contributed by atoms with Gasteiger partial charge >= 0.3 is 7.82 Å². The standard InChI is InChI=1S/C17H28NO6P/c1-13-10-15(14-8-6-5-7-9-14)18(16(19)11-13)22-12-23-25(20,21)24-17(2,3)4/h10-11,14H,5-9,12H2,1-4H3,(H,20,21). The van der Waals surface area contributed by atoms with E-state index in [0.717, 1.165) is 36.9 Å². The summed E-state index contributed by atoms with van der Waals surface area (Å²) in [5.41, 5.74) is 0.514. The molecule has 0 spiro atoms. The molecule has 1 N–H and O–H groups in total. The Labute approximate surface area is 148 Å². The molecule has 1 atom stereocenters. The number of aromatic nitrogens is 1. The molecule has 0 bridgehead atoms. The maximum Gasteiger partial charge on any atom is 0.475 e. The van der Waals surface area contributed by atoms with E-state index in [0.29, 0.717) is 0 Å². The Hall–Kier alpha value is -1.14. The van der Waals surface area contributed by atoms with Crippen molar-refractivity contribution in [3.63, 3.8) is 0 Å². The van der Waals surface area contributed by atoms with Gasteiger partial charge in [0.2, 0.25) is 6.79 Å². The third-order valence-corrected chi connectivity index (χ3v) is 5.18. The highest BCUT2D eigenvalue weighted by Gasteiger charge is 2.29. The van der Waals surface area contributed by atoms with Crippen molar-refractivity contribution in [1.82, 2.24) is 4.73 Å². The Balaban J connectivity index is 2.11. The molecule has 1 aromatic heterocycles. The minimum absolute atomic E-state index is 0.244. The van der Waals surface area contributed by atoms with E-state index in [2.05, 4.69) is 0 Å². The quantitative estimate of drug-likeness (QED) is 0.606. The highest BCUT2D eigenvalue weighted by atomic mass is 31.2. The van der Waals surface area contributed by atoms with Crippen LogP contribution in [-0.2, 0) is 13.6 Å². The molecule has 1 heterocycles. The van der Waals surface area contributed by atoms with Gasteiger partial charge in [-0.1, -0.05) is 19.3 Å². The van der Waals surface area contributed by atoms with Crippen LogP contribution in [0.15, 0.2) is 16.9 Å². The van der Waals surface area contributed by atoms with E-state index in [1.54, 1.807) is 20.8 Å². The molecule has 0 aromatic carbocycles. The van der Waals surface area contributed by atoms with E-state index in [1.165, 1.54) is 17.2 Å². The number of phosphoric acid groups is 1. The zero-order valence-corrected chi connectivity index (χ0v) is 16.3. The second kappa shape index (κ2) is 8.04. The van der Waals surface area contributed by atoms with E-state index in [9.17, 15) is 14.3 Å². The van der Waals surface area contributed by atoms with E-state index in [-0.39, 0.29) is 11.5 Å². The van der Waals surface area contributed by atoms with Crippen molar-refractivity contribution in [3.8, 4) is 0 Å². The summed E-state index contributed by atoms with van der Waals surface area (Å²) in [4.78, 5) is 27.4. The first-order valence-corrected chi connectivity index (χ1v) is 10.1. The Kier molecular flexibility index (Phi) is 6.49. The van der Waals surface area contributed by atoms with Crippen LogP contribution in [-0.4, -0.2) is 22.0 Å². The number of aryl methyl sites for hydroxylation is 1. The molecule has 7 nitrogen and oxygen atoms in total. The fourth-order valence-corrected chi connectivity index (χ4v) is 3.97. The molecule has 1 aliphatic rings. The maximum absolute atomic E-state index is 12.3. The van der Waals surface area contributed by atoms with Crippen molar-refractivity contribution < 1.29 is 23.3 Å². The topological polar surface area (TPSA) is 87.0 Å². The van der Waals surface area contributed by atoms with E-state index in [4.69, 9.17) is 13.9 Å². The number of hydrogen-bond acceptors (Lipinski definition) is 5. The van der Waals surface area contributed by atoms with Gasteiger partial charge in [-0.3, -0.25) is 9.32 Å². The first-order valence-electron chi connectivity index (χ1n) is 8.62. The van der Waals surface area contributed by atoms with Crippen LogP contribution in [0.5, 0.6) is 0 Å². The van der Waals surface area contributed by atoms with E-state index < -0.39 is 20.2 Å². The van der Waals surface area contributed by atoms with Gasteiger partial charge in [0, 0.05) is 12.0 Å². The Morgan fingerprint density at radius 1 is 1.24 bits per heavy atom. The number of pyridine rings is 1. The molecule has 0 radical (unpaired) electrons. The van der Waals surface area contributed by atoms with Gasteiger partial charge in [-0.2, -0.15) is 0 Å². The molecule has 142 valence electrons. The van der Waals surface area contributed by atoms with Gasteiger partial charge < -0.3 is 9.73 Å². The maximum atomic E-state index is 12.3. The zero-order chi connectivity index (χ0) is 18.7. The van der Waals surface area contributed by atoms with Crippen LogP contribution < -0.4 is 10.4 Å². The lowest BCUT2D eigenvalue weighted by Gasteiger charge is -2.26. The van der Waals surface area contributed by atoms with Crippen LogP contribution in [0.2, 0.25) is 0 Å². The molecule has 0 amide bonds. The van der Waals surface area contributed by atoms with Gasteiger partial charge in [-0.15, -0.1) is 4.73 Å². The molecule has 8 heteroatoms. The summed E-state index contributed by atoms with van der Waals surface area (Å²) >= 11 is 0. The van der Waals surface area contributed by atoms with Gasteiger partial charge in [0.1, 0.15) is 0 Å². The van der Waals surface area contributed by atoms with Crippen LogP contribution >= 0.6 is 7.82 Å². The smallest absolute Gasteiger partial charge is 0.381 e. The van der Waals surface area contributed by atoms with E-state index >= 15 is 0 Å². The molecule has 2 rings (SSSR count). The van der Waals surface area contributed by atoms with Crippen molar-refractivity contribution in [1.29, 1.82) is 0 Å². The van der Waals surface area contributed by atoms with Gasteiger partial charge in [0.25, 0.3) is 5.56 Å².